The van der Waals surface area contributed by atoms with Crippen molar-refractivity contribution in [2.45, 2.75) is 31.9 Å². The van der Waals surface area contributed by atoms with Gasteiger partial charge >= 0.3 is 6.03 Å². The number of aromatic nitrogens is 2. The number of carbonyl (C=O) groups excluding carboxylic acids is 1. The number of ether oxygens (including phenoxy) is 1. The van der Waals surface area contributed by atoms with E-state index in [0.29, 0.717) is 24.7 Å². The molecular weight excluding hydrogens is 292 g/mol. The summed E-state index contributed by atoms with van der Waals surface area (Å²) in [7, 11) is 1.59. The van der Waals surface area contributed by atoms with E-state index in [1.54, 1.807) is 13.2 Å². The van der Waals surface area contributed by atoms with Crippen LogP contribution in [0.1, 0.15) is 35.6 Å². The monoisotopic (exact) mass is 312 g/mol. The third kappa shape index (κ3) is 4.50. The Balaban J connectivity index is 1.49. The number of nitrogens with one attached hydrogen (secondary N) is 2. The van der Waals surface area contributed by atoms with Crippen LogP contribution in [0.4, 0.5) is 10.6 Å². The number of nitrogens with zero attached hydrogens (tertiary/aromatic N) is 2. The normalized spacial score (nSPS) is 13.6. The molecule has 0 radical (unpaired) electrons. The number of amides is 2. The van der Waals surface area contributed by atoms with Gasteiger partial charge in [-0.3, -0.25) is 5.32 Å². The number of anilines is 1. The zero-order valence-corrected chi connectivity index (χ0v) is 13.1. The minimum atomic E-state index is -0.293. The van der Waals surface area contributed by atoms with Gasteiger partial charge < -0.3 is 10.1 Å². The average Bonchev–Trinajstić information content (AvgIpc) is 3.39. The highest BCUT2D eigenvalue weighted by Crippen LogP contribution is 2.39. The molecule has 0 spiro atoms. The summed E-state index contributed by atoms with van der Waals surface area (Å²) >= 11 is 0. The number of hydrogen-bond donors (Lipinski definition) is 2. The highest BCUT2D eigenvalue weighted by Gasteiger charge is 2.22. The van der Waals surface area contributed by atoms with Gasteiger partial charge in [-0.05, 0) is 29.9 Å². The first kappa shape index (κ1) is 15.4. The molecular formula is C17H20N4O2. The summed E-state index contributed by atoms with van der Waals surface area (Å²) in [6, 6.07) is 9.82. The van der Waals surface area contributed by atoms with Crippen molar-refractivity contribution < 1.29 is 9.53 Å². The highest BCUT2D eigenvalue weighted by molar-refractivity contribution is 5.88. The molecule has 0 atom stereocenters. The fraction of sp³-hybridized carbons (Fsp3) is 0.353. The Morgan fingerprint density at radius 3 is 2.74 bits per heavy atom. The van der Waals surface area contributed by atoms with E-state index >= 15 is 0 Å². The molecule has 2 N–H and O–H groups in total. The van der Waals surface area contributed by atoms with E-state index in [1.807, 2.05) is 0 Å². The smallest absolute Gasteiger partial charge is 0.320 e. The lowest BCUT2D eigenvalue weighted by atomic mass is 10.1. The predicted molar refractivity (Wildman–Crippen MR) is 87.0 cm³/mol. The second kappa shape index (κ2) is 7.19. The van der Waals surface area contributed by atoms with Crippen LogP contribution < -0.4 is 10.6 Å². The fourth-order valence-electron chi connectivity index (χ4n) is 2.36. The predicted octanol–water partition coefficient (Wildman–Crippen LogP) is 2.82. The minimum Gasteiger partial charge on any atom is -0.378 e. The molecule has 2 amide bonds. The van der Waals surface area contributed by atoms with Gasteiger partial charge in [0.1, 0.15) is 12.1 Å². The lowest BCUT2D eigenvalue weighted by molar-refractivity contribution is 0.181. The lowest BCUT2D eigenvalue weighted by Crippen LogP contribution is -2.28. The standard InChI is InChI=1S/C17H20N4O2/c1-23-10-15-8-16(20-11-19-15)21-17(22)18-9-12-2-4-13(5-3-12)14-6-7-14/h2-5,8,11,14H,6-7,9-10H2,1H3,(H2,18,19,20,21,22). The van der Waals surface area contributed by atoms with Gasteiger partial charge in [-0.25, -0.2) is 14.8 Å². The molecule has 23 heavy (non-hydrogen) atoms. The molecule has 1 saturated carbocycles. The van der Waals surface area contributed by atoms with Crippen LogP contribution in [-0.4, -0.2) is 23.1 Å². The van der Waals surface area contributed by atoms with Crippen LogP contribution in [0.2, 0.25) is 0 Å². The Kier molecular flexibility index (Phi) is 4.83. The zero-order valence-electron chi connectivity index (χ0n) is 13.1. The van der Waals surface area contributed by atoms with E-state index in [4.69, 9.17) is 4.74 Å². The number of carbonyl (C=O) groups is 1. The Morgan fingerprint density at radius 2 is 2.04 bits per heavy atom. The number of rotatable bonds is 6. The minimum absolute atomic E-state index is 0.293. The van der Waals surface area contributed by atoms with Crippen LogP contribution in [0, 0.1) is 0 Å². The number of hydrogen-bond acceptors (Lipinski definition) is 4. The second-order valence-electron chi connectivity index (χ2n) is 5.65. The van der Waals surface area contributed by atoms with Crippen molar-refractivity contribution in [3.63, 3.8) is 0 Å². The molecule has 6 heteroatoms. The largest absolute Gasteiger partial charge is 0.378 e. The molecule has 0 bridgehead atoms. The maximum absolute atomic E-state index is 11.9. The van der Waals surface area contributed by atoms with Crippen molar-refractivity contribution in [1.82, 2.24) is 15.3 Å². The molecule has 2 aromatic rings. The van der Waals surface area contributed by atoms with Crippen LogP contribution >= 0.6 is 0 Å². The average molecular weight is 312 g/mol. The maximum atomic E-state index is 11.9. The molecule has 1 aliphatic carbocycles. The highest BCUT2D eigenvalue weighted by atomic mass is 16.5. The van der Waals surface area contributed by atoms with Crippen LogP contribution in [0.5, 0.6) is 0 Å². The van der Waals surface area contributed by atoms with Crippen molar-refractivity contribution in [2.75, 3.05) is 12.4 Å². The van der Waals surface area contributed by atoms with E-state index < -0.39 is 0 Å². The van der Waals surface area contributed by atoms with E-state index in [1.165, 1.54) is 24.7 Å². The first-order chi connectivity index (χ1) is 11.2. The molecule has 1 aliphatic rings. The molecule has 1 aromatic carbocycles. The van der Waals surface area contributed by atoms with E-state index in [9.17, 15) is 4.79 Å². The number of methoxy groups -OCH3 is 1. The zero-order chi connectivity index (χ0) is 16.1. The van der Waals surface area contributed by atoms with Crippen LogP contribution in [0.15, 0.2) is 36.7 Å². The maximum Gasteiger partial charge on any atom is 0.320 e. The molecule has 1 aromatic heterocycles. The van der Waals surface area contributed by atoms with E-state index in [-0.39, 0.29) is 6.03 Å². The summed E-state index contributed by atoms with van der Waals surface area (Å²) in [5.74, 6) is 1.20. The quantitative estimate of drug-likeness (QED) is 0.860. The van der Waals surface area contributed by atoms with Gasteiger partial charge in [0.05, 0.1) is 12.3 Å². The summed E-state index contributed by atoms with van der Waals surface area (Å²) in [6.45, 7) is 0.860. The summed E-state index contributed by atoms with van der Waals surface area (Å²) in [4.78, 5) is 20.0. The second-order valence-corrected chi connectivity index (χ2v) is 5.65. The number of urea groups is 1. The van der Waals surface area contributed by atoms with Gasteiger partial charge in [0.25, 0.3) is 0 Å². The summed E-state index contributed by atoms with van der Waals surface area (Å²) in [5.41, 5.74) is 3.19. The lowest BCUT2D eigenvalue weighted by Gasteiger charge is -2.08. The first-order valence-corrected chi connectivity index (χ1v) is 7.68. The third-order valence-corrected chi connectivity index (χ3v) is 3.74. The fourth-order valence-corrected chi connectivity index (χ4v) is 2.36. The SMILES string of the molecule is COCc1cc(NC(=O)NCc2ccc(C3CC3)cc2)ncn1. The number of benzene rings is 1. The molecule has 120 valence electrons. The molecule has 1 heterocycles. The van der Waals surface area contributed by atoms with Gasteiger partial charge in [-0.1, -0.05) is 24.3 Å². The molecule has 1 fully saturated rings. The summed E-state index contributed by atoms with van der Waals surface area (Å²) < 4.78 is 5.01. The van der Waals surface area contributed by atoms with E-state index in [0.717, 1.165) is 11.5 Å². The van der Waals surface area contributed by atoms with Crippen LogP contribution in [-0.2, 0) is 17.9 Å². The van der Waals surface area contributed by atoms with Crippen LogP contribution in [0.3, 0.4) is 0 Å². The molecule has 3 rings (SSSR count). The van der Waals surface area contributed by atoms with Gasteiger partial charge in [-0.2, -0.15) is 0 Å². The molecule has 6 nitrogen and oxygen atoms in total. The van der Waals surface area contributed by atoms with Crippen LogP contribution in [0.25, 0.3) is 0 Å². The van der Waals surface area contributed by atoms with Crippen molar-refractivity contribution in [1.29, 1.82) is 0 Å². The van der Waals surface area contributed by atoms with Gasteiger partial charge in [0.15, 0.2) is 0 Å². The third-order valence-electron chi connectivity index (χ3n) is 3.74. The molecule has 0 aliphatic heterocycles. The van der Waals surface area contributed by atoms with Crippen molar-refractivity contribution in [2.24, 2.45) is 0 Å². The van der Waals surface area contributed by atoms with Crippen molar-refractivity contribution in [3.05, 3.63) is 53.5 Å². The Hall–Kier alpha value is -2.47. The van der Waals surface area contributed by atoms with Gasteiger partial charge in [0.2, 0.25) is 0 Å². The Bertz CT molecular complexity index is 669. The van der Waals surface area contributed by atoms with Gasteiger partial charge in [0, 0.05) is 19.7 Å². The van der Waals surface area contributed by atoms with E-state index in [2.05, 4.69) is 44.9 Å². The van der Waals surface area contributed by atoms with Gasteiger partial charge in [-0.15, -0.1) is 0 Å². The molecule has 0 unspecified atom stereocenters. The first-order valence-electron chi connectivity index (χ1n) is 7.68. The topological polar surface area (TPSA) is 76.1 Å². The molecule has 0 saturated heterocycles. The van der Waals surface area contributed by atoms with Crippen molar-refractivity contribution in [3.8, 4) is 0 Å². The summed E-state index contributed by atoms with van der Waals surface area (Å²) in [5, 5.41) is 5.52. The van der Waals surface area contributed by atoms with Crippen molar-refractivity contribution >= 4 is 11.8 Å². The summed E-state index contributed by atoms with van der Waals surface area (Å²) in [6.07, 6.45) is 3.99. The Morgan fingerprint density at radius 1 is 1.26 bits per heavy atom. The Labute approximate surface area is 135 Å².